The Morgan fingerprint density at radius 3 is 1.81 bits per heavy atom. The first kappa shape index (κ1) is 26.4. The predicted molar refractivity (Wildman–Crippen MR) is 134 cm³/mol. The molecule has 36 heavy (non-hydrogen) atoms. The second-order valence-electron chi connectivity index (χ2n) is 7.87. The number of carbonyl (C=O) groups excluding carboxylic acids is 1. The van der Waals surface area contributed by atoms with E-state index in [4.69, 9.17) is 9.90 Å². The molecule has 1 atom stereocenters. The molecule has 0 aliphatic rings. The molecule has 2 N–H and O–H groups in total. The number of anilines is 2. The van der Waals surface area contributed by atoms with Crippen molar-refractivity contribution in [2.24, 2.45) is 0 Å². The summed E-state index contributed by atoms with van der Waals surface area (Å²) in [5.41, 5.74) is 2.92. The SMILES string of the molecule is CC(NCC(=O)N(c1ccccc1)c1ccccc1)c1cccc2ccccc12.O=C(O)C(F)(F)F. The highest BCUT2D eigenvalue weighted by molar-refractivity contribution is 6.01. The Morgan fingerprint density at radius 2 is 1.28 bits per heavy atom. The first-order valence-electron chi connectivity index (χ1n) is 11.1. The monoisotopic (exact) mass is 494 g/mol. The van der Waals surface area contributed by atoms with Crippen LogP contribution in [-0.2, 0) is 9.59 Å². The Hall–Kier alpha value is -4.17. The fourth-order valence-electron chi connectivity index (χ4n) is 3.65. The number of hydrogen-bond acceptors (Lipinski definition) is 3. The van der Waals surface area contributed by atoms with E-state index >= 15 is 0 Å². The fraction of sp³-hybridized carbons (Fsp3) is 0.143. The van der Waals surface area contributed by atoms with Gasteiger partial charge in [0, 0.05) is 17.4 Å². The van der Waals surface area contributed by atoms with Gasteiger partial charge in [0.1, 0.15) is 0 Å². The number of carboxylic acids is 1. The second kappa shape index (κ2) is 12.0. The molecule has 0 aliphatic heterocycles. The molecule has 5 nitrogen and oxygen atoms in total. The summed E-state index contributed by atoms with van der Waals surface area (Å²) in [6.45, 7) is 2.35. The minimum Gasteiger partial charge on any atom is -0.475 e. The average Bonchev–Trinajstić information content (AvgIpc) is 2.88. The lowest BCUT2D eigenvalue weighted by Gasteiger charge is -2.24. The van der Waals surface area contributed by atoms with Gasteiger partial charge in [-0.2, -0.15) is 13.2 Å². The highest BCUT2D eigenvalue weighted by Gasteiger charge is 2.38. The van der Waals surface area contributed by atoms with Crippen molar-refractivity contribution in [2.45, 2.75) is 19.1 Å². The summed E-state index contributed by atoms with van der Waals surface area (Å²) in [5, 5.41) is 13.0. The molecular weight excluding hydrogens is 469 g/mol. The first-order chi connectivity index (χ1) is 17.2. The van der Waals surface area contributed by atoms with Crippen molar-refractivity contribution in [1.82, 2.24) is 5.32 Å². The van der Waals surface area contributed by atoms with Crippen molar-refractivity contribution in [3.63, 3.8) is 0 Å². The Kier molecular flexibility index (Phi) is 8.81. The molecule has 4 aromatic rings. The molecule has 4 aromatic carbocycles. The maximum Gasteiger partial charge on any atom is 0.490 e. The number of fused-ring (bicyclic) bond motifs is 1. The van der Waals surface area contributed by atoms with Crippen LogP contribution in [0.4, 0.5) is 24.5 Å². The predicted octanol–water partition coefficient (Wildman–Crippen LogP) is 6.49. The third-order valence-electron chi connectivity index (χ3n) is 5.37. The van der Waals surface area contributed by atoms with Gasteiger partial charge in [-0.3, -0.25) is 9.69 Å². The third kappa shape index (κ3) is 6.93. The van der Waals surface area contributed by atoms with Crippen LogP contribution in [0.5, 0.6) is 0 Å². The van der Waals surface area contributed by atoms with Crippen molar-refractivity contribution in [1.29, 1.82) is 0 Å². The molecule has 0 bridgehead atoms. The van der Waals surface area contributed by atoms with Gasteiger partial charge in [-0.05, 0) is 47.5 Å². The zero-order chi connectivity index (χ0) is 26.1. The Morgan fingerprint density at radius 1 is 0.806 bits per heavy atom. The van der Waals surface area contributed by atoms with Crippen LogP contribution in [0.25, 0.3) is 10.8 Å². The quantitative estimate of drug-likeness (QED) is 0.322. The van der Waals surface area contributed by atoms with Gasteiger partial charge in [0.05, 0.1) is 6.54 Å². The molecule has 8 heteroatoms. The Bertz CT molecular complexity index is 1250. The number of amides is 1. The summed E-state index contributed by atoms with van der Waals surface area (Å²) in [6.07, 6.45) is -5.08. The van der Waals surface area contributed by atoms with Crippen LogP contribution >= 0.6 is 0 Å². The highest BCUT2D eigenvalue weighted by Crippen LogP contribution is 2.26. The van der Waals surface area contributed by atoms with E-state index in [0.29, 0.717) is 0 Å². The van der Waals surface area contributed by atoms with E-state index in [1.54, 1.807) is 4.90 Å². The van der Waals surface area contributed by atoms with E-state index in [1.807, 2.05) is 66.7 Å². The lowest BCUT2D eigenvalue weighted by atomic mass is 10.00. The molecule has 1 amide bonds. The summed E-state index contributed by atoms with van der Waals surface area (Å²) in [6, 6.07) is 34.2. The van der Waals surface area contributed by atoms with E-state index in [2.05, 4.69) is 48.6 Å². The van der Waals surface area contributed by atoms with Crippen molar-refractivity contribution in [3.05, 3.63) is 109 Å². The molecular formula is C28H25F3N2O3. The van der Waals surface area contributed by atoms with Crippen LogP contribution in [0.1, 0.15) is 18.5 Å². The lowest BCUT2D eigenvalue weighted by Crippen LogP contribution is -2.36. The van der Waals surface area contributed by atoms with E-state index in [1.165, 1.54) is 16.3 Å². The van der Waals surface area contributed by atoms with Gasteiger partial charge in [-0.1, -0.05) is 78.9 Å². The number of nitrogens with one attached hydrogen (secondary N) is 1. The molecule has 1 unspecified atom stereocenters. The number of carboxylic acid groups (broad SMARTS) is 1. The number of nitrogens with zero attached hydrogens (tertiary/aromatic N) is 1. The number of aliphatic carboxylic acids is 1. The topological polar surface area (TPSA) is 69.6 Å². The third-order valence-corrected chi connectivity index (χ3v) is 5.37. The maximum atomic E-state index is 13.2. The maximum absolute atomic E-state index is 13.2. The number of alkyl halides is 3. The van der Waals surface area contributed by atoms with Gasteiger partial charge in [0.2, 0.25) is 5.91 Å². The molecule has 0 aromatic heterocycles. The Labute approximate surface area is 206 Å². The number of rotatable bonds is 6. The van der Waals surface area contributed by atoms with Crippen LogP contribution in [0.3, 0.4) is 0 Å². The van der Waals surface area contributed by atoms with E-state index in [-0.39, 0.29) is 18.5 Å². The number of benzene rings is 4. The van der Waals surface area contributed by atoms with Gasteiger partial charge < -0.3 is 10.4 Å². The number of para-hydroxylation sites is 2. The summed E-state index contributed by atoms with van der Waals surface area (Å²) in [4.78, 5) is 23.9. The van der Waals surface area contributed by atoms with Crippen LogP contribution in [0, 0.1) is 0 Å². The van der Waals surface area contributed by atoms with Crippen molar-refractivity contribution >= 4 is 34.0 Å². The highest BCUT2D eigenvalue weighted by atomic mass is 19.4. The molecule has 4 rings (SSSR count). The summed E-state index contributed by atoms with van der Waals surface area (Å²) in [7, 11) is 0. The van der Waals surface area contributed by atoms with Crippen molar-refractivity contribution in [2.75, 3.05) is 11.4 Å². The van der Waals surface area contributed by atoms with Gasteiger partial charge in [0.25, 0.3) is 0 Å². The average molecular weight is 495 g/mol. The van der Waals surface area contributed by atoms with Gasteiger partial charge in [0.15, 0.2) is 0 Å². The molecule has 0 aliphatic carbocycles. The lowest BCUT2D eigenvalue weighted by molar-refractivity contribution is -0.192. The molecule has 0 radical (unpaired) electrons. The van der Waals surface area contributed by atoms with Crippen LogP contribution in [0.15, 0.2) is 103 Å². The molecule has 0 saturated carbocycles. The van der Waals surface area contributed by atoms with Gasteiger partial charge in [-0.15, -0.1) is 0 Å². The standard InChI is InChI=1S/C26H24N2O.C2HF3O2/c1-20(24-18-10-12-21-11-8-9-17-25(21)24)27-19-26(29)28(22-13-4-2-5-14-22)23-15-6-3-7-16-23;3-2(4,5)1(6)7/h2-18,20,27H,19H2,1H3;(H,6,7). The molecule has 0 saturated heterocycles. The molecule has 0 heterocycles. The number of hydrogen-bond donors (Lipinski definition) is 2. The van der Waals surface area contributed by atoms with Gasteiger partial charge >= 0.3 is 12.1 Å². The van der Waals surface area contributed by atoms with E-state index < -0.39 is 12.1 Å². The van der Waals surface area contributed by atoms with Crippen molar-refractivity contribution in [3.8, 4) is 0 Å². The minimum absolute atomic E-state index is 0.00878. The zero-order valence-corrected chi connectivity index (χ0v) is 19.4. The summed E-state index contributed by atoms with van der Waals surface area (Å²) >= 11 is 0. The molecule has 186 valence electrons. The minimum atomic E-state index is -5.08. The first-order valence-corrected chi connectivity index (χ1v) is 11.1. The van der Waals surface area contributed by atoms with Gasteiger partial charge in [-0.25, -0.2) is 4.79 Å². The molecule has 0 spiro atoms. The molecule has 0 fully saturated rings. The second-order valence-corrected chi connectivity index (χ2v) is 7.87. The van der Waals surface area contributed by atoms with E-state index in [0.717, 1.165) is 11.4 Å². The smallest absolute Gasteiger partial charge is 0.475 e. The summed E-state index contributed by atoms with van der Waals surface area (Å²) in [5.74, 6) is -2.75. The fourth-order valence-corrected chi connectivity index (χ4v) is 3.65. The zero-order valence-electron chi connectivity index (χ0n) is 19.4. The summed E-state index contributed by atoms with van der Waals surface area (Å²) < 4.78 is 31.7. The van der Waals surface area contributed by atoms with Crippen LogP contribution in [-0.4, -0.2) is 29.7 Å². The van der Waals surface area contributed by atoms with Crippen LogP contribution in [0.2, 0.25) is 0 Å². The number of halogens is 3. The van der Waals surface area contributed by atoms with E-state index in [9.17, 15) is 18.0 Å². The van der Waals surface area contributed by atoms with Crippen molar-refractivity contribution < 1.29 is 27.9 Å². The van der Waals surface area contributed by atoms with Crippen LogP contribution < -0.4 is 10.2 Å². The normalized spacial score (nSPS) is 11.8. The Balaban J connectivity index is 0.000000454. The number of carbonyl (C=O) groups is 2. The largest absolute Gasteiger partial charge is 0.490 e.